The van der Waals surface area contributed by atoms with Crippen LogP contribution in [0.3, 0.4) is 0 Å². The maximum atomic E-state index is 12.3. The van der Waals surface area contributed by atoms with Crippen LogP contribution in [0.1, 0.15) is 23.8 Å². The largest absolute Gasteiger partial charge is 0.484 e. The lowest BCUT2D eigenvalue weighted by atomic mass is 10.1. The molecule has 0 bridgehead atoms. The van der Waals surface area contributed by atoms with Gasteiger partial charge in [0.1, 0.15) is 11.3 Å². The Bertz CT molecular complexity index is 1010. The van der Waals surface area contributed by atoms with Gasteiger partial charge in [-0.05, 0) is 36.2 Å². The molecule has 0 aliphatic heterocycles. The number of amides is 1. The molecule has 7 heteroatoms. The van der Waals surface area contributed by atoms with Gasteiger partial charge in [-0.25, -0.2) is 4.79 Å². The highest BCUT2D eigenvalue weighted by atomic mass is 35.5. The van der Waals surface area contributed by atoms with Crippen LogP contribution < -0.4 is 10.4 Å². The quantitative estimate of drug-likeness (QED) is 0.543. The molecule has 3 rings (SSSR count). The highest BCUT2D eigenvalue weighted by molar-refractivity contribution is 7.16. The number of likely N-dealkylation sites (N-methyl/N-ethyl adjacent to an activating group) is 1. The van der Waals surface area contributed by atoms with E-state index in [1.807, 2.05) is 18.2 Å². The van der Waals surface area contributed by atoms with E-state index < -0.39 is 0 Å². The minimum atomic E-state index is -0.381. The molecule has 1 aromatic carbocycles. The molecule has 0 aliphatic rings. The zero-order chi connectivity index (χ0) is 19.4. The van der Waals surface area contributed by atoms with E-state index in [1.54, 1.807) is 24.1 Å². The Morgan fingerprint density at radius 2 is 2.07 bits per heavy atom. The number of rotatable bonds is 7. The minimum Gasteiger partial charge on any atom is -0.484 e. The molecule has 27 heavy (non-hydrogen) atoms. The number of halogens is 1. The third kappa shape index (κ3) is 4.90. The average molecular weight is 406 g/mol. The fraction of sp³-hybridized carbons (Fsp3) is 0.300. The van der Waals surface area contributed by atoms with Crippen molar-refractivity contribution in [1.29, 1.82) is 0 Å². The van der Waals surface area contributed by atoms with Gasteiger partial charge in [0.05, 0.1) is 10.9 Å². The van der Waals surface area contributed by atoms with Crippen molar-refractivity contribution in [3.05, 3.63) is 61.6 Å². The standard InChI is InChI=1S/C20H20ClNO4S/c1-3-4-13-9-20(24)26-17-10-14(5-7-16(13)17)25-12-19(23)22(2)11-15-6-8-18(21)27-15/h5-10H,3-4,11-12H2,1-2H3. The molecule has 0 radical (unpaired) electrons. The summed E-state index contributed by atoms with van der Waals surface area (Å²) in [4.78, 5) is 26.6. The number of ether oxygens (including phenoxy) is 1. The van der Waals surface area contributed by atoms with Gasteiger partial charge in [-0.15, -0.1) is 11.3 Å². The molecule has 2 aromatic heterocycles. The Kier molecular flexibility index (Phi) is 6.19. The smallest absolute Gasteiger partial charge is 0.336 e. The van der Waals surface area contributed by atoms with Crippen molar-refractivity contribution in [2.24, 2.45) is 0 Å². The van der Waals surface area contributed by atoms with Crippen molar-refractivity contribution in [3.63, 3.8) is 0 Å². The third-order valence-corrected chi connectivity index (χ3v) is 5.35. The van der Waals surface area contributed by atoms with Crippen molar-refractivity contribution in [2.45, 2.75) is 26.3 Å². The Hall–Kier alpha value is -2.31. The SMILES string of the molecule is CCCc1cc(=O)oc2cc(OCC(=O)N(C)Cc3ccc(Cl)s3)ccc12. The molecular formula is C20H20ClNO4S. The summed E-state index contributed by atoms with van der Waals surface area (Å²) in [7, 11) is 1.72. The van der Waals surface area contributed by atoms with Gasteiger partial charge in [0.15, 0.2) is 6.61 Å². The molecule has 142 valence electrons. The highest BCUT2D eigenvalue weighted by Gasteiger charge is 2.12. The first kappa shape index (κ1) is 19.5. The van der Waals surface area contributed by atoms with Crippen molar-refractivity contribution in [1.82, 2.24) is 4.90 Å². The van der Waals surface area contributed by atoms with Gasteiger partial charge < -0.3 is 14.1 Å². The van der Waals surface area contributed by atoms with Crippen LogP contribution in [-0.4, -0.2) is 24.5 Å². The number of carbonyl (C=O) groups is 1. The first-order chi connectivity index (χ1) is 13.0. The molecule has 0 N–H and O–H groups in total. The lowest BCUT2D eigenvalue weighted by Gasteiger charge is -2.16. The van der Waals surface area contributed by atoms with E-state index in [0.29, 0.717) is 22.2 Å². The maximum Gasteiger partial charge on any atom is 0.336 e. The summed E-state index contributed by atoms with van der Waals surface area (Å²) in [6, 6.07) is 10.5. The van der Waals surface area contributed by atoms with Crippen LogP contribution in [0.15, 0.2) is 45.6 Å². The first-order valence-electron chi connectivity index (χ1n) is 8.64. The molecule has 0 spiro atoms. The molecule has 0 saturated heterocycles. The molecule has 3 aromatic rings. The lowest BCUT2D eigenvalue weighted by Crippen LogP contribution is -2.30. The summed E-state index contributed by atoms with van der Waals surface area (Å²) < 4.78 is 11.6. The first-order valence-corrected chi connectivity index (χ1v) is 9.83. The number of nitrogens with zero attached hydrogens (tertiary/aromatic N) is 1. The topological polar surface area (TPSA) is 59.8 Å². The van der Waals surface area contributed by atoms with E-state index >= 15 is 0 Å². The summed E-state index contributed by atoms with van der Waals surface area (Å²) in [5, 5.41) is 0.891. The van der Waals surface area contributed by atoms with Crippen LogP contribution in [0.25, 0.3) is 11.0 Å². The molecule has 1 amide bonds. The number of aryl methyl sites for hydroxylation is 1. The van der Waals surface area contributed by atoms with E-state index in [1.165, 1.54) is 17.4 Å². The number of hydrogen-bond donors (Lipinski definition) is 0. The van der Waals surface area contributed by atoms with E-state index in [-0.39, 0.29) is 18.1 Å². The number of carbonyl (C=O) groups excluding carboxylic acids is 1. The second kappa shape index (κ2) is 8.59. The van der Waals surface area contributed by atoms with Crippen molar-refractivity contribution in [2.75, 3.05) is 13.7 Å². The fourth-order valence-corrected chi connectivity index (χ4v) is 3.93. The average Bonchev–Trinajstić information content (AvgIpc) is 3.04. The summed E-state index contributed by atoms with van der Waals surface area (Å²) in [5.74, 6) is 0.334. The van der Waals surface area contributed by atoms with Crippen LogP contribution in [0, 0.1) is 0 Å². The van der Waals surface area contributed by atoms with Gasteiger partial charge in [0, 0.05) is 29.4 Å². The molecule has 2 heterocycles. The zero-order valence-corrected chi connectivity index (χ0v) is 16.7. The van der Waals surface area contributed by atoms with Gasteiger partial charge in [-0.3, -0.25) is 4.79 Å². The van der Waals surface area contributed by atoms with E-state index in [2.05, 4.69) is 6.92 Å². The van der Waals surface area contributed by atoms with E-state index in [0.717, 1.165) is 28.7 Å². The summed E-state index contributed by atoms with van der Waals surface area (Å²) in [6.45, 7) is 2.44. The van der Waals surface area contributed by atoms with E-state index in [4.69, 9.17) is 20.8 Å². The molecule has 0 atom stereocenters. The molecule has 0 fully saturated rings. The van der Waals surface area contributed by atoms with Gasteiger partial charge in [0.2, 0.25) is 0 Å². The number of thiophene rings is 1. The van der Waals surface area contributed by atoms with E-state index in [9.17, 15) is 9.59 Å². The monoisotopic (exact) mass is 405 g/mol. The summed E-state index contributed by atoms with van der Waals surface area (Å²) >= 11 is 7.36. The molecule has 5 nitrogen and oxygen atoms in total. The van der Waals surface area contributed by atoms with Crippen LogP contribution >= 0.6 is 22.9 Å². The molecule has 0 aliphatic carbocycles. The van der Waals surface area contributed by atoms with Gasteiger partial charge >= 0.3 is 5.63 Å². The predicted octanol–water partition coefficient (Wildman–Crippen LogP) is 4.50. The Labute approximate surface area is 166 Å². The van der Waals surface area contributed by atoms with Crippen molar-refractivity contribution in [3.8, 4) is 5.75 Å². The predicted molar refractivity (Wildman–Crippen MR) is 108 cm³/mol. The number of benzene rings is 1. The Balaban J connectivity index is 1.67. The Morgan fingerprint density at radius 3 is 2.78 bits per heavy atom. The van der Waals surface area contributed by atoms with Crippen molar-refractivity contribution < 1.29 is 13.9 Å². The summed E-state index contributed by atoms with van der Waals surface area (Å²) in [5.41, 5.74) is 1.05. The van der Waals surface area contributed by atoms with Gasteiger partial charge in [-0.1, -0.05) is 24.9 Å². The normalized spacial score (nSPS) is 10.9. The van der Waals surface area contributed by atoms with Crippen LogP contribution in [0.2, 0.25) is 4.34 Å². The van der Waals surface area contributed by atoms with Crippen molar-refractivity contribution >= 4 is 39.8 Å². The van der Waals surface area contributed by atoms with Crippen LogP contribution in [0.4, 0.5) is 0 Å². The van der Waals surface area contributed by atoms with Crippen LogP contribution in [0.5, 0.6) is 5.75 Å². The van der Waals surface area contributed by atoms with Gasteiger partial charge in [0.25, 0.3) is 5.91 Å². The van der Waals surface area contributed by atoms with Crippen LogP contribution in [-0.2, 0) is 17.8 Å². The second-order valence-corrected chi connectivity index (χ2v) is 8.04. The fourth-order valence-electron chi connectivity index (χ4n) is 2.79. The third-order valence-electron chi connectivity index (χ3n) is 4.13. The molecule has 0 saturated carbocycles. The second-order valence-electron chi connectivity index (χ2n) is 6.24. The van der Waals surface area contributed by atoms with Gasteiger partial charge in [-0.2, -0.15) is 0 Å². The lowest BCUT2D eigenvalue weighted by molar-refractivity contribution is -0.132. The molecule has 0 unspecified atom stereocenters. The zero-order valence-electron chi connectivity index (χ0n) is 15.2. The molecular weight excluding hydrogens is 386 g/mol. The highest BCUT2D eigenvalue weighted by Crippen LogP contribution is 2.24. The number of hydrogen-bond acceptors (Lipinski definition) is 5. The summed E-state index contributed by atoms with van der Waals surface area (Å²) in [6.07, 6.45) is 1.74. The number of fused-ring (bicyclic) bond motifs is 1. The maximum absolute atomic E-state index is 12.3. The Morgan fingerprint density at radius 1 is 1.26 bits per heavy atom. The minimum absolute atomic E-state index is 0.0972.